The summed E-state index contributed by atoms with van der Waals surface area (Å²) in [6.07, 6.45) is 0. The Hall–Kier alpha value is -3.12. The van der Waals surface area contributed by atoms with E-state index in [2.05, 4.69) is 4.98 Å². The molecule has 0 saturated carbocycles. The molecule has 3 aromatic carbocycles. The topological polar surface area (TPSA) is 55.2 Å². The van der Waals surface area contributed by atoms with Gasteiger partial charge in [-0.1, -0.05) is 66.4 Å². The van der Waals surface area contributed by atoms with Gasteiger partial charge in [0.25, 0.3) is 5.56 Å². The normalized spacial score (nSPS) is 11.1. The number of hydrogen-bond acceptors (Lipinski definition) is 4. The first-order chi connectivity index (χ1) is 14.0. The fourth-order valence-electron chi connectivity index (χ4n) is 3.25. The third-order valence-electron chi connectivity index (χ3n) is 4.92. The number of fused-ring (bicyclic) bond motifs is 2. The average molecular weight is 404 g/mol. The number of amides is 1. The van der Waals surface area contributed by atoms with E-state index in [1.54, 1.807) is 19.0 Å². The Morgan fingerprint density at radius 1 is 1.03 bits per heavy atom. The zero-order valence-corrected chi connectivity index (χ0v) is 17.1. The lowest BCUT2D eigenvalue weighted by atomic mass is 10.1. The molecule has 0 radical (unpaired) electrons. The summed E-state index contributed by atoms with van der Waals surface area (Å²) in [6, 6.07) is 21.6. The highest BCUT2D eigenvalue weighted by molar-refractivity contribution is 7.99. The van der Waals surface area contributed by atoms with Gasteiger partial charge in [0.1, 0.15) is 0 Å². The van der Waals surface area contributed by atoms with Crippen LogP contribution in [0.3, 0.4) is 0 Å². The molecule has 29 heavy (non-hydrogen) atoms. The Morgan fingerprint density at radius 2 is 1.69 bits per heavy atom. The fourth-order valence-corrected chi connectivity index (χ4v) is 4.16. The molecule has 0 aliphatic carbocycles. The van der Waals surface area contributed by atoms with Crippen LogP contribution in [0.5, 0.6) is 0 Å². The van der Waals surface area contributed by atoms with Crippen molar-refractivity contribution in [3.05, 3.63) is 82.6 Å². The Labute approximate surface area is 173 Å². The van der Waals surface area contributed by atoms with Crippen molar-refractivity contribution < 1.29 is 4.79 Å². The second-order valence-electron chi connectivity index (χ2n) is 7.00. The van der Waals surface area contributed by atoms with Gasteiger partial charge in [0, 0.05) is 20.6 Å². The highest BCUT2D eigenvalue weighted by Gasteiger charge is 2.14. The standard InChI is InChI=1S/C23H21N3O2S/c1-25(14-16-8-4-3-5-9-16)21(27)15-29-23-24-20-13-18-11-7-6-10-17(18)12-19(20)22(28)26(23)2/h3-13H,14-15H2,1-2H3. The van der Waals surface area contributed by atoms with Gasteiger partial charge in [-0.05, 0) is 28.5 Å². The van der Waals surface area contributed by atoms with Crippen molar-refractivity contribution in [2.75, 3.05) is 12.8 Å². The van der Waals surface area contributed by atoms with Gasteiger partial charge >= 0.3 is 0 Å². The lowest BCUT2D eigenvalue weighted by Gasteiger charge is -2.17. The average Bonchev–Trinajstić information content (AvgIpc) is 2.74. The summed E-state index contributed by atoms with van der Waals surface area (Å²) in [4.78, 5) is 31.7. The first kappa shape index (κ1) is 19.2. The number of aromatic nitrogens is 2. The summed E-state index contributed by atoms with van der Waals surface area (Å²) in [7, 11) is 3.49. The molecule has 4 aromatic rings. The van der Waals surface area contributed by atoms with Gasteiger partial charge in [-0.25, -0.2) is 4.98 Å². The van der Waals surface area contributed by atoms with Crippen molar-refractivity contribution in [2.24, 2.45) is 7.05 Å². The number of benzene rings is 3. The van der Waals surface area contributed by atoms with Crippen LogP contribution in [0.15, 0.2) is 76.7 Å². The second-order valence-corrected chi connectivity index (χ2v) is 7.94. The van der Waals surface area contributed by atoms with Crippen molar-refractivity contribution >= 4 is 39.3 Å². The molecule has 1 amide bonds. The Kier molecular flexibility index (Phi) is 5.36. The van der Waals surface area contributed by atoms with Gasteiger partial charge in [0.05, 0.1) is 16.7 Å². The molecule has 0 atom stereocenters. The summed E-state index contributed by atoms with van der Waals surface area (Å²) >= 11 is 1.29. The maximum Gasteiger partial charge on any atom is 0.261 e. The van der Waals surface area contributed by atoms with E-state index in [4.69, 9.17) is 0 Å². The molecule has 0 saturated heterocycles. The van der Waals surface area contributed by atoms with Crippen LogP contribution in [-0.4, -0.2) is 33.2 Å². The monoisotopic (exact) mass is 403 g/mol. The summed E-state index contributed by atoms with van der Waals surface area (Å²) in [5.41, 5.74) is 1.63. The van der Waals surface area contributed by atoms with Crippen LogP contribution in [0.1, 0.15) is 5.56 Å². The van der Waals surface area contributed by atoms with Gasteiger partial charge < -0.3 is 4.90 Å². The quantitative estimate of drug-likeness (QED) is 0.289. The van der Waals surface area contributed by atoms with Crippen LogP contribution < -0.4 is 5.56 Å². The number of hydrogen-bond donors (Lipinski definition) is 0. The fraction of sp³-hybridized carbons (Fsp3) is 0.174. The van der Waals surface area contributed by atoms with Gasteiger partial charge in [-0.3, -0.25) is 14.2 Å². The predicted molar refractivity (Wildman–Crippen MR) is 118 cm³/mol. The Balaban J connectivity index is 1.56. The summed E-state index contributed by atoms with van der Waals surface area (Å²) in [5, 5.41) is 3.18. The molecule has 0 aliphatic heterocycles. The van der Waals surface area contributed by atoms with Crippen LogP contribution in [0.4, 0.5) is 0 Å². The lowest BCUT2D eigenvalue weighted by molar-refractivity contribution is -0.127. The molecule has 6 heteroatoms. The summed E-state index contributed by atoms with van der Waals surface area (Å²) in [6.45, 7) is 0.552. The van der Waals surface area contributed by atoms with Crippen molar-refractivity contribution in [3.8, 4) is 0 Å². The molecule has 1 aromatic heterocycles. The number of nitrogens with zero attached hydrogens (tertiary/aromatic N) is 3. The van der Waals surface area contributed by atoms with E-state index >= 15 is 0 Å². The number of rotatable bonds is 5. The SMILES string of the molecule is CN(Cc1ccccc1)C(=O)CSc1nc2cc3ccccc3cc2c(=O)n1C. The zero-order valence-electron chi connectivity index (χ0n) is 16.3. The maximum absolute atomic E-state index is 12.8. The van der Waals surface area contributed by atoms with E-state index in [0.717, 1.165) is 16.3 Å². The van der Waals surface area contributed by atoms with E-state index in [1.807, 2.05) is 66.7 Å². The minimum Gasteiger partial charge on any atom is -0.341 e. The Bertz CT molecular complexity index is 1250. The maximum atomic E-state index is 12.8. The van der Waals surface area contributed by atoms with Gasteiger partial charge in [-0.15, -0.1) is 0 Å². The van der Waals surface area contributed by atoms with Crippen molar-refractivity contribution in [3.63, 3.8) is 0 Å². The largest absolute Gasteiger partial charge is 0.341 e. The van der Waals surface area contributed by atoms with Gasteiger partial charge in [-0.2, -0.15) is 0 Å². The lowest BCUT2D eigenvalue weighted by Crippen LogP contribution is -2.28. The molecule has 4 rings (SSSR count). The van der Waals surface area contributed by atoms with Crippen molar-refractivity contribution in [1.82, 2.24) is 14.5 Å². The van der Waals surface area contributed by atoms with E-state index in [9.17, 15) is 9.59 Å². The first-order valence-electron chi connectivity index (χ1n) is 9.33. The molecule has 0 fully saturated rings. The van der Waals surface area contributed by atoms with Crippen molar-refractivity contribution in [2.45, 2.75) is 11.7 Å². The molecule has 0 N–H and O–H groups in total. The van der Waals surface area contributed by atoms with Crippen LogP contribution >= 0.6 is 11.8 Å². The Morgan fingerprint density at radius 3 is 2.41 bits per heavy atom. The van der Waals surface area contributed by atoms with E-state index < -0.39 is 0 Å². The second kappa shape index (κ2) is 8.09. The van der Waals surface area contributed by atoms with E-state index in [1.165, 1.54) is 16.3 Å². The number of carbonyl (C=O) groups is 1. The van der Waals surface area contributed by atoms with Crippen LogP contribution in [0, 0.1) is 0 Å². The van der Waals surface area contributed by atoms with Gasteiger partial charge in [0.15, 0.2) is 5.16 Å². The van der Waals surface area contributed by atoms with E-state index in [-0.39, 0.29) is 17.2 Å². The van der Waals surface area contributed by atoms with Crippen molar-refractivity contribution in [1.29, 1.82) is 0 Å². The molecular weight excluding hydrogens is 382 g/mol. The third-order valence-corrected chi connectivity index (χ3v) is 5.93. The summed E-state index contributed by atoms with van der Waals surface area (Å²) in [5.74, 6) is 0.217. The predicted octanol–water partition coefficient (Wildman–Crippen LogP) is 3.84. The van der Waals surface area contributed by atoms with Crippen LogP contribution in [0.25, 0.3) is 21.7 Å². The first-order valence-corrected chi connectivity index (χ1v) is 10.3. The molecule has 1 heterocycles. The molecule has 0 unspecified atom stereocenters. The summed E-state index contributed by atoms with van der Waals surface area (Å²) < 4.78 is 1.52. The molecule has 146 valence electrons. The molecule has 0 aliphatic rings. The molecule has 0 bridgehead atoms. The molecule has 0 spiro atoms. The smallest absolute Gasteiger partial charge is 0.261 e. The minimum absolute atomic E-state index is 0.00768. The van der Waals surface area contributed by atoms with E-state index in [0.29, 0.717) is 22.6 Å². The molecule has 5 nitrogen and oxygen atoms in total. The number of carbonyl (C=O) groups excluding carboxylic acids is 1. The molecular formula is C23H21N3O2S. The van der Waals surface area contributed by atoms with Crippen LogP contribution in [-0.2, 0) is 18.4 Å². The number of thioether (sulfide) groups is 1. The third kappa shape index (κ3) is 4.03. The minimum atomic E-state index is -0.103. The highest BCUT2D eigenvalue weighted by atomic mass is 32.2. The zero-order chi connectivity index (χ0) is 20.4. The highest BCUT2D eigenvalue weighted by Crippen LogP contribution is 2.22. The van der Waals surface area contributed by atoms with Gasteiger partial charge in [0.2, 0.25) is 5.91 Å². The van der Waals surface area contributed by atoms with Crippen LogP contribution in [0.2, 0.25) is 0 Å².